The van der Waals surface area contributed by atoms with Gasteiger partial charge in [-0.3, -0.25) is 14.3 Å². The summed E-state index contributed by atoms with van der Waals surface area (Å²) in [5, 5.41) is 2.80. The highest BCUT2D eigenvalue weighted by atomic mass is 79.9. The lowest BCUT2D eigenvalue weighted by atomic mass is 10.0. The molecule has 0 aliphatic carbocycles. The van der Waals surface area contributed by atoms with E-state index in [1.54, 1.807) is 55.5 Å². The Hall–Kier alpha value is -2.19. The smallest absolute Gasteiger partial charge is 0.229 e. The highest BCUT2D eigenvalue weighted by molar-refractivity contribution is 9.10. The molecule has 0 bridgehead atoms. The van der Waals surface area contributed by atoms with Crippen LogP contribution in [0.25, 0.3) is 0 Å². The van der Waals surface area contributed by atoms with Crippen molar-refractivity contribution in [2.75, 3.05) is 11.0 Å². The molecule has 0 spiro atoms. The summed E-state index contributed by atoms with van der Waals surface area (Å²) in [4.78, 5) is 24.4. The summed E-state index contributed by atoms with van der Waals surface area (Å²) in [5.41, 5.74) is 1.62. The molecule has 0 aromatic heterocycles. The van der Waals surface area contributed by atoms with Crippen molar-refractivity contribution in [2.24, 2.45) is 0 Å². The molecule has 0 saturated heterocycles. The highest BCUT2D eigenvalue weighted by Crippen LogP contribution is 2.23. The van der Waals surface area contributed by atoms with E-state index >= 15 is 0 Å². The van der Waals surface area contributed by atoms with Gasteiger partial charge in [-0.25, -0.2) is 8.42 Å². The Balaban J connectivity index is 1.96. The molecule has 0 aliphatic heterocycles. The van der Waals surface area contributed by atoms with Gasteiger partial charge < -0.3 is 5.32 Å². The minimum Gasteiger partial charge on any atom is -0.349 e. The summed E-state index contributed by atoms with van der Waals surface area (Å²) in [5.74, 6) is -0.383. The molecule has 0 fully saturated rings. The third kappa shape index (κ3) is 6.80. The fourth-order valence-electron chi connectivity index (χ4n) is 2.57. The Kier molecular flexibility index (Phi) is 7.15. The number of ketones is 1. The predicted molar refractivity (Wildman–Crippen MR) is 109 cm³/mol. The molecule has 0 saturated carbocycles. The van der Waals surface area contributed by atoms with Crippen molar-refractivity contribution in [2.45, 2.75) is 25.8 Å². The summed E-state index contributed by atoms with van der Waals surface area (Å²) < 4.78 is 26.3. The molecule has 1 atom stereocenters. The molecule has 144 valence electrons. The average Bonchev–Trinajstić information content (AvgIpc) is 2.59. The Bertz CT molecular complexity index is 927. The van der Waals surface area contributed by atoms with Gasteiger partial charge in [0.15, 0.2) is 5.78 Å². The number of carbonyl (C=O) groups is 2. The number of carbonyl (C=O) groups excluding carboxylic acids is 2. The van der Waals surface area contributed by atoms with Gasteiger partial charge in [-0.1, -0.05) is 46.3 Å². The number of nitrogens with one attached hydrogen (secondary N) is 2. The summed E-state index contributed by atoms with van der Waals surface area (Å²) in [6.07, 6.45) is 1.23. The van der Waals surface area contributed by atoms with Crippen LogP contribution < -0.4 is 10.0 Å². The molecule has 27 heavy (non-hydrogen) atoms. The van der Waals surface area contributed by atoms with E-state index in [1.807, 2.05) is 0 Å². The van der Waals surface area contributed by atoms with Gasteiger partial charge in [0.2, 0.25) is 15.9 Å². The van der Waals surface area contributed by atoms with Gasteiger partial charge in [0, 0.05) is 22.9 Å². The Labute approximate surface area is 167 Å². The first kappa shape index (κ1) is 21.1. The molecule has 2 rings (SSSR count). The van der Waals surface area contributed by atoms with E-state index in [0.717, 1.165) is 10.7 Å². The van der Waals surface area contributed by atoms with Crippen LogP contribution in [-0.4, -0.2) is 26.4 Å². The van der Waals surface area contributed by atoms with Crippen molar-refractivity contribution in [1.29, 1.82) is 0 Å². The number of halogens is 1. The fraction of sp³-hybridized carbons (Fsp3) is 0.263. The molecule has 8 heteroatoms. The maximum absolute atomic E-state index is 12.2. The van der Waals surface area contributed by atoms with Crippen LogP contribution in [0.3, 0.4) is 0 Å². The van der Waals surface area contributed by atoms with E-state index in [1.165, 1.54) is 0 Å². The van der Waals surface area contributed by atoms with E-state index in [4.69, 9.17) is 0 Å². The van der Waals surface area contributed by atoms with E-state index < -0.39 is 16.1 Å². The number of benzene rings is 2. The van der Waals surface area contributed by atoms with Crippen molar-refractivity contribution >= 4 is 43.3 Å². The SMILES string of the molecule is CC(NC(=O)CCC(=O)c1ccc(Br)cc1)c1ccccc1NS(C)(=O)=O. The predicted octanol–water partition coefficient (Wildman–Crippen LogP) is 3.66. The first-order chi connectivity index (χ1) is 12.7. The normalized spacial score (nSPS) is 12.3. The first-order valence-corrected chi connectivity index (χ1v) is 11.0. The van der Waals surface area contributed by atoms with Crippen molar-refractivity contribution in [3.8, 4) is 0 Å². The van der Waals surface area contributed by atoms with E-state index in [9.17, 15) is 18.0 Å². The second-order valence-electron chi connectivity index (χ2n) is 6.18. The zero-order valence-corrected chi connectivity index (χ0v) is 17.4. The quantitative estimate of drug-likeness (QED) is 0.597. The van der Waals surface area contributed by atoms with Crippen LogP contribution in [0.5, 0.6) is 0 Å². The number of sulfonamides is 1. The van der Waals surface area contributed by atoms with Crippen molar-refractivity contribution in [3.63, 3.8) is 0 Å². The fourth-order valence-corrected chi connectivity index (χ4v) is 3.42. The number of para-hydroxylation sites is 1. The average molecular weight is 453 g/mol. The van der Waals surface area contributed by atoms with Crippen LogP contribution in [0.1, 0.15) is 41.7 Å². The number of hydrogen-bond donors (Lipinski definition) is 2. The molecule has 0 radical (unpaired) electrons. The summed E-state index contributed by atoms with van der Waals surface area (Å²) in [6.45, 7) is 1.76. The van der Waals surface area contributed by atoms with Crippen LogP contribution in [0, 0.1) is 0 Å². The summed E-state index contributed by atoms with van der Waals surface area (Å²) >= 11 is 3.31. The number of amides is 1. The molecular weight excluding hydrogens is 432 g/mol. The standard InChI is InChI=1S/C19H21BrN2O4S/c1-13(16-5-3-4-6-17(16)22-27(2,25)26)21-19(24)12-11-18(23)14-7-9-15(20)10-8-14/h3-10,13,22H,11-12H2,1-2H3,(H,21,24). The first-order valence-electron chi connectivity index (χ1n) is 8.30. The Morgan fingerprint density at radius 2 is 1.67 bits per heavy atom. The zero-order chi connectivity index (χ0) is 20.0. The lowest BCUT2D eigenvalue weighted by Gasteiger charge is -2.18. The molecule has 2 aromatic carbocycles. The number of anilines is 1. The monoisotopic (exact) mass is 452 g/mol. The maximum atomic E-state index is 12.2. The van der Waals surface area contributed by atoms with Gasteiger partial charge in [-0.2, -0.15) is 0 Å². The number of Topliss-reactive ketones (excluding diaryl/α,β-unsaturated/α-hetero) is 1. The third-order valence-electron chi connectivity index (χ3n) is 3.85. The Morgan fingerprint density at radius 3 is 2.30 bits per heavy atom. The molecular formula is C19H21BrN2O4S. The molecule has 0 aliphatic rings. The minimum absolute atomic E-state index is 0.0565. The second kappa shape index (κ2) is 9.14. The maximum Gasteiger partial charge on any atom is 0.229 e. The van der Waals surface area contributed by atoms with E-state index in [-0.39, 0.29) is 24.5 Å². The molecule has 6 nitrogen and oxygen atoms in total. The molecule has 1 amide bonds. The van der Waals surface area contributed by atoms with Crippen molar-refractivity contribution in [3.05, 3.63) is 64.1 Å². The van der Waals surface area contributed by atoms with Gasteiger partial charge in [-0.05, 0) is 30.7 Å². The molecule has 0 heterocycles. The van der Waals surface area contributed by atoms with Crippen LogP contribution in [0.15, 0.2) is 53.0 Å². The zero-order valence-electron chi connectivity index (χ0n) is 15.0. The van der Waals surface area contributed by atoms with E-state index in [0.29, 0.717) is 16.8 Å². The van der Waals surface area contributed by atoms with Gasteiger partial charge in [-0.15, -0.1) is 0 Å². The highest BCUT2D eigenvalue weighted by Gasteiger charge is 2.16. The van der Waals surface area contributed by atoms with Crippen LogP contribution in [-0.2, 0) is 14.8 Å². The second-order valence-corrected chi connectivity index (χ2v) is 8.84. The lowest BCUT2D eigenvalue weighted by Crippen LogP contribution is -2.27. The topological polar surface area (TPSA) is 92.3 Å². The van der Waals surface area contributed by atoms with Crippen molar-refractivity contribution in [1.82, 2.24) is 5.32 Å². The third-order valence-corrected chi connectivity index (χ3v) is 4.96. The minimum atomic E-state index is -3.43. The largest absolute Gasteiger partial charge is 0.349 e. The number of hydrogen-bond acceptors (Lipinski definition) is 4. The molecule has 1 unspecified atom stereocenters. The van der Waals surface area contributed by atoms with Gasteiger partial charge in [0.25, 0.3) is 0 Å². The summed E-state index contributed by atoms with van der Waals surface area (Å²) in [6, 6.07) is 13.4. The Morgan fingerprint density at radius 1 is 1.04 bits per heavy atom. The van der Waals surface area contributed by atoms with Crippen LogP contribution in [0.2, 0.25) is 0 Å². The van der Waals surface area contributed by atoms with Crippen LogP contribution >= 0.6 is 15.9 Å². The van der Waals surface area contributed by atoms with Gasteiger partial charge >= 0.3 is 0 Å². The van der Waals surface area contributed by atoms with Gasteiger partial charge in [0.05, 0.1) is 18.0 Å². The number of rotatable bonds is 8. The molecule has 2 aromatic rings. The molecule has 2 N–H and O–H groups in total. The van der Waals surface area contributed by atoms with E-state index in [2.05, 4.69) is 26.0 Å². The van der Waals surface area contributed by atoms with Crippen LogP contribution in [0.4, 0.5) is 5.69 Å². The van der Waals surface area contributed by atoms with Gasteiger partial charge in [0.1, 0.15) is 0 Å². The lowest BCUT2D eigenvalue weighted by molar-refractivity contribution is -0.121. The van der Waals surface area contributed by atoms with Crippen molar-refractivity contribution < 1.29 is 18.0 Å². The summed E-state index contributed by atoms with van der Waals surface area (Å²) in [7, 11) is -3.43.